The van der Waals surface area contributed by atoms with Crippen molar-refractivity contribution < 1.29 is 19.1 Å². The summed E-state index contributed by atoms with van der Waals surface area (Å²) < 4.78 is 11.2. The number of aromatic amines is 2. The molecule has 0 saturated carbocycles. The van der Waals surface area contributed by atoms with Gasteiger partial charge in [0.15, 0.2) is 0 Å². The molecule has 2 fully saturated rings. The number of H-pyrrole nitrogens is 2. The topological polar surface area (TPSA) is 128 Å². The van der Waals surface area contributed by atoms with Crippen LogP contribution in [-0.2, 0) is 16.1 Å². The van der Waals surface area contributed by atoms with Crippen LogP contribution in [0.2, 0.25) is 0 Å². The van der Waals surface area contributed by atoms with Gasteiger partial charge < -0.3 is 29.7 Å². The van der Waals surface area contributed by atoms with E-state index in [0.29, 0.717) is 18.6 Å². The molecular formula is C40H47N7O4. The van der Waals surface area contributed by atoms with Crippen LogP contribution in [0, 0.1) is 11.8 Å². The second-order valence-corrected chi connectivity index (χ2v) is 15.0. The Hall–Kier alpha value is -4.90. The van der Waals surface area contributed by atoms with E-state index in [1.54, 1.807) is 0 Å². The van der Waals surface area contributed by atoms with Crippen molar-refractivity contribution in [1.29, 1.82) is 0 Å². The van der Waals surface area contributed by atoms with Crippen LogP contribution in [0.1, 0.15) is 82.7 Å². The first-order chi connectivity index (χ1) is 24.6. The van der Waals surface area contributed by atoms with Crippen LogP contribution in [0.25, 0.3) is 44.2 Å². The Morgan fingerprint density at radius 1 is 1.06 bits per heavy atom. The summed E-state index contributed by atoms with van der Waals surface area (Å²) in [6.45, 7) is 9.73. The van der Waals surface area contributed by atoms with E-state index in [1.165, 1.54) is 13.5 Å². The molecule has 0 aliphatic carbocycles. The van der Waals surface area contributed by atoms with Crippen molar-refractivity contribution in [3.05, 3.63) is 65.9 Å². The number of nitrogens with one attached hydrogen (secondary N) is 3. The van der Waals surface area contributed by atoms with Gasteiger partial charge in [-0.3, -0.25) is 9.69 Å². The molecule has 5 heterocycles. The van der Waals surface area contributed by atoms with Gasteiger partial charge in [-0.2, -0.15) is 0 Å². The number of amides is 2. The molecule has 2 amide bonds. The van der Waals surface area contributed by atoms with Crippen molar-refractivity contribution in [3.8, 4) is 28.1 Å². The maximum atomic E-state index is 13.8. The van der Waals surface area contributed by atoms with Gasteiger partial charge >= 0.3 is 6.09 Å². The maximum absolute atomic E-state index is 13.8. The van der Waals surface area contributed by atoms with Crippen molar-refractivity contribution in [2.75, 3.05) is 20.7 Å². The van der Waals surface area contributed by atoms with E-state index in [4.69, 9.17) is 19.4 Å². The first-order valence-electron chi connectivity index (χ1n) is 18.3. The molecule has 51 heavy (non-hydrogen) atoms. The van der Waals surface area contributed by atoms with Crippen LogP contribution >= 0.6 is 0 Å². The van der Waals surface area contributed by atoms with Crippen LogP contribution in [0.15, 0.2) is 48.7 Å². The molecule has 3 aliphatic heterocycles. The van der Waals surface area contributed by atoms with E-state index in [0.717, 1.165) is 93.0 Å². The van der Waals surface area contributed by atoms with Gasteiger partial charge in [0, 0.05) is 23.5 Å². The summed E-state index contributed by atoms with van der Waals surface area (Å²) >= 11 is 0. The first-order valence-corrected chi connectivity index (χ1v) is 18.3. The lowest BCUT2D eigenvalue weighted by atomic mass is 9.92. The molecule has 3 N–H and O–H groups in total. The van der Waals surface area contributed by atoms with Crippen LogP contribution in [0.3, 0.4) is 0 Å². The van der Waals surface area contributed by atoms with Gasteiger partial charge in [0.2, 0.25) is 5.91 Å². The van der Waals surface area contributed by atoms with E-state index < -0.39 is 12.1 Å². The summed E-state index contributed by atoms with van der Waals surface area (Å²) in [7, 11) is 3.51. The summed E-state index contributed by atoms with van der Waals surface area (Å²) in [6.07, 6.45) is 5.19. The van der Waals surface area contributed by atoms with Crippen molar-refractivity contribution in [3.63, 3.8) is 0 Å². The number of hydrogen-bond acceptors (Lipinski definition) is 7. The minimum atomic E-state index is -0.689. The third-order valence-corrected chi connectivity index (χ3v) is 11.4. The lowest BCUT2D eigenvalue weighted by molar-refractivity contribution is -0.137. The highest BCUT2D eigenvalue weighted by Crippen LogP contribution is 2.44. The molecule has 8 rings (SSSR count). The monoisotopic (exact) mass is 689 g/mol. The zero-order valence-electron chi connectivity index (χ0n) is 30.2. The number of likely N-dealkylation sites (tertiary alicyclic amines) is 2. The molecule has 1 unspecified atom stereocenters. The number of carbonyl (C=O) groups is 2. The molecule has 5 atom stereocenters. The summed E-state index contributed by atoms with van der Waals surface area (Å²) in [6, 6.07) is 14.6. The number of alkyl carbamates (subject to hydrolysis) is 1. The molecule has 0 radical (unpaired) electrons. The molecule has 266 valence electrons. The summed E-state index contributed by atoms with van der Waals surface area (Å²) in [5.74, 6) is 3.14. The number of fused-ring (bicyclic) bond motifs is 6. The molecular weight excluding hydrogens is 642 g/mol. The number of ether oxygens (including phenoxy) is 2. The standard InChI is InChI=1S/C40H47N7O4/c1-7-23-14-33(46(5)19-23)38-42-30-12-10-24-16-29-27-11-9-25(15-26(27)20-51-34(29)17-28(24)36(30)44-38)31-18-41-37(43-31)32-13-8-22(4)47(32)39(48)35(21(2)3)45-40(49)50-6/h9-12,15-18,21-23,32-33,35H,7-8,13-14,19-20H2,1-6H3,(H,41,43)(H,42,44)(H,45,49)/t22-,23-,32-,33-,35?/m0/s1. The molecule has 0 bridgehead atoms. The number of nitrogens with zero attached hydrogens (tertiary/aromatic N) is 4. The highest BCUT2D eigenvalue weighted by atomic mass is 16.5. The molecule has 2 aromatic heterocycles. The van der Waals surface area contributed by atoms with Gasteiger partial charge in [-0.1, -0.05) is 45.4 Å². The Balaban J connectivity index is 1.06. The highest BCUT2D eigenvalue weighted by molar-refractivity contribution is 6.07. The summed E-state index contributed by atoms with van der Waals surface area (Å²) in [5.41, 5.74) is 7.27. The van der Waals surface area contributed by atoms with Crippen LogP contribution < -0.4 is 10.1 Å². The van der Waals surface area contributed by atoms with Crippen molar-refractivity contribution in [2.24, 2.45) is 11.8 Å². The Bertz CT molecular complexity index is 2140. The van der Waals surface area contributed by atoms with Gasteiger partial charge in [-0.05, 0) is 91.4 Å². The quantitative estimate of drug-likeness (QED) is 0.161. The second-order valence-electron chi connectivity index (χ2n) is 15.0. The van der Waals surface area contributed by atoms with E-state index in [-0.39, 0.29) is 23.9 Å². The molecule has 0 spiro atoms. The zero-order valence-corrected chi connectivity index (χ0v) is 30.2. The van der Waals surface area contributed by atoms with E-state index >= 15 is 0 Å². The lowest BCUT2D eigenvalue weighted by Gasteiger charge is -2.32. The van der Waals surface area contributed by atoms with Gasteiger partial charge in [-0.25, -0.2) is 14.8 Å². The van der Waals surface area contributed by atoms with Crippen molar-refractivity contribution in [2.45, 2.75) is 84.2 Å². The molecule has 3 aromatic carbocycles. The third kappa shape index (κ3) is 5.81. The van der Waals surface area contributed by atoms with E-state index in [2.05, 4.69) is 76.6 Å². The highest BCUT2D eigenvalue weighted by Gasteiger charge is 2.41. The summed E-state index contributed by atoms with van der Waals surface area (Å²) in [4.78, 5) is 47.2. The predicted octanol–water partition coefficient (Wildman–Crippen LogP) is 7.50. The number of carbonyl (C=O) groups excluding carboxylic acids is 2. The number of benzene rings is 3. The third-order valence-electron chi connectivity index (χ3n) is 11.4. The minimum Gasteiger partial charge on any atom is -0.488 e. The Labute approximate surface area is 298 Å². The Morgan fingerprint density at radius 2 is 1.90 bits per heavy atom. The van der Waals surface area contributed by atoms with E-state index in [9.17, 15) is 9.59 Å². The number of hydrogen-bond donors (Lipinski definition) is 3. The average molecular weight is 690 g/mol. The minimum absolute atomic E-state index is 0.0162. The number of methoxy groups -OCH3 is 1. The normalized spacial score (nSPS) is 22.3. The lowest BCUT2D eigenvalue weighted by Crippen LogP contribution is -2.52. The van der Waals surface area contributed by atoms with Gasteiger partial charge in [0.05, 0.1) is 42.1 Å². The van der Waals surface area contributed by atoms with Gasteiger partial charge in [0.1, 0.15) is 30.0 Å². The largest absolute Gasteiger partial charge is 0.488 e. The summed E-state index contributed by atoms with van der Waals surface area (Å²) in [5, 5.41) is 4.97. The SMILES string of the molecule is CC[C@H]1C[C@@H](c2nc3c(ccc4cc5c(cc43)OCc3cc(-c4cnc([C@@H]6CC[C@H](C)N6C(=O)C(NC(=O)OC)C(C)C)[nH]4)ccc3-5)[nH]2)N(C)C1. The smallest absolute Gasteiger partial charge is 0.407 e. The molecule has 3 aliphatic rings. The van der Waals surface area contributed by atoms with E-state index in [1.807, 2.05) is 31.9 Å². The van der Waals surface area contributed by atoms with Gasteiger partial charge in [-0.15, -0.1) is 0 Å². The molecule has 11 heteroatoms. The Kier molecular flexibility index (Phi) is 8.49. The number of aromatic nitrogens is 4. The van der Waals surface area contributed by atoms with Crippen LogP contribution in [0.4, 0.5) is 4.79 Å². The Morgan fingerprint density at radius 3 is 2.67 bits per heavy atom. The zero-order chi connectivity index (χ0) is 35.6. The average Bonchev–Trinajstić information content (AvgIpc) is 3.94. The van der Waals surface area contributed by atoms with Crippen LogP contribution in [0.5, 0.6) is 5.75 Å². The fraction of sp³-hybridized carbons (Fsp3) is 0.450. The predicted molar refractivity (Wildman–Crippen MR) is 197 cm³/mol. The van der Waals surface area contributed by atoms with Crippen molar-refractivity contribution in [1.82, 2.24) is 35.1 Å². The number of rotatable bonds is 7. The fourth-order valence-corrected chi connectivity index (χ4v) is 8.49. The number of imidazole rings is 2. The van der Waals surface area contributed by atoms with Crippen LogP contribution in [-0.4, -0.2) is 74.5 Å². The first kappa shape index (κ1) is 33.3. The second kappa shape index (κ2) is 13.0. The fourth-order valence-electron chi connectivity index (χ4n) is 8.49. The molecule has 5 aromatic rings. The maximum Gasteiger partial charge on any atom is 0.407 e. The van der Waals surface area contributed by atoms with Gasteiger partial charge in [0.25, 0.3) is 0 Å². The molecule has 2 saturated heterocycles. The van der Waals surface area contributed by atoms with Crippen molar-refractivity contribution >= 4 is 33.8 Å². The molecule has 11 nitrogen and oxygen atoms in total.